The molecular weight excluding hydrogens is 248 g/mol. The minimum absolute atomic E-state index is 0.974. The highest BCUT2D eigenvalue weighted by molar-refractivity contribution is 5.43. The molecule has 112 valence electrons. The highest BCUT2D eigenvalue weighted by Crippen LogP contribution is 2.12. The summed E-state index contributed by atoms with van der Waals surface area (Å²) < 4.78 is 0. The molecule has 0 spiro atoms. The van der Waals surface area contributed by atoms with Crippen LogP contribution in [0, 0.1) is 0 Å². The fourth-order valence-electron chi connectivity index (χ4n) is 2.66. The molecule has 2 heterocycles. The van der Waals surface area contributed by atoms with Crippen molar-refractivity contribution >= 4 is 5.69 Å². The molecule has 0 aliphatic carbocycles. The number of hydrogen-bond acceptors (Lipinski definition) is 4. The first-order valence-electron chi connectivity index (χ1n) is 7.95. The summed E-state index contributed by atoms with van der Waals surface area (Å²) in [5.74, 6) is 0. The van der Waals surface area contributed by atoms with Gasteiger partial charge in [-0.2, -0.15) is 0 Å². The van der Waals surface area contributed by atoms with E-state index in [2.05, 4.69) is 46.1 Å². The average Bonchev–Trinajstić information content (AvgIpc) is 2.48. The lowest BCUT2D eigenvalue weighted by Gasteiger charge is -2.34. The van der Waals surface area contributed by atoms with Crippen LogP contribution < -0.4 is 5.32 Å². The molecule has 4 heteroatoms. The van der Waals surface area contributed by atoms with Crippen LogP contribution in [0.15, 0.2) is 18.3 Å². The Bertz CT molecular complexity index is 386. The van der Waals surface area contributed by atoms with Crippen LogP contribution in [0.5, 0.6) is 0 Å². The predicted octanol–water partition coefficient (Wildman–Crippen LogP) is 2.43. The molecule has 0 amide bonds. The van der Waals surface area contributed by atoms with E-state index in [1.54, 1.807) is 0 Å². The molecule has 1 aliphatic heterocycles. The first kappa shape index (κ1) is 15.3. The second-order valence-electron chi connectivity index (χ2n) is 5.58. The zero-order valence-corrected chi connectivity index (χ0v) is 12.9. The van der Waals surface area contributed by atoms with Crippen LogP contribution in [-0.4, -0.2) is 54.1 Å². The van der Waals surface area contributed by atoms with E-state index in [1.807, 2.05) is 6.20 Å². The van der Waals surface area contributed by atoms with Gasteiger partial charge in [-0.1, -0.05) is 13.8 Å². The maximum absolute atomic E-state index is 4.50. The molecule has 1 aliphatic rings. The fraction of sp³-hybridized carbons (Fsp3) is 0.688. The van der Waals surface area contributed by atoms with Gasteiger partial charge < -0.3 is 10.2 Å². The zero-order chi connectivity index (χ0) is 14.2. The molecule has 20 heavy (non-hydrogen) atoms. The van der Waals surface area contributed by atoms with Crippen LogP contribution in [0.2, 0.25) is 0 Å². The van der Waals surface area contributed by atoms with Crippen LogP contribution in [0.1, 0.15) is 32.4 Å². The Morgan fingerprint density at radius 2 is 1.85 bits per heavy atom. The number of aromatic nitrogens is 1. The quantitative estimate of drug-likeness (QED) is 0.829. The van der Waals surface area contributed by atoms with Crippen molar-refractivity contribution < 1.29 is 0 Å². The minimum atomic E-state index is 0.974. The summed E-state index contributed by atoms with van der Waals surface area (Å²) in [5, 5.41) is 3.43. The molecule has 0 unspecified atom stereocenters. The molecule has 0 radical (unpaired) electrons. The van der Waals surface area contributed by atoms with Crippen LogP contribution in [0.25, 0.3) is 0 Å². The molecule has 2 rings (SSSR count). The van der Waals surface area contributed by atoms with Crippen LogP contribution >= 0.6 is 0 Å². The van der Waals surface area contributed by atoms with Crippen molar-refractivity contribution in [3.05, 3.63) is 24.0 Å². The predicted molar refractivity (Wildman–Crippen MR) is 85.0 cm³/mol. The van der Waals surface area contributed by atoms with Gasteiger partial charge in [0.2, 0.25) is 0 Å². The number of anilines is 1. The summed E-state index contributed by atoms with van der Waals surface area (Å²) in [4.78, 5) is 9.57. The second kappa shape index (κ2) is 8.22. The molecule has 4 nitrogen and oxygen atoms in total. The Hall–Kier alpha value is -1.13. The lowest BCUT2D eigenvalue weighted by Crippen LogP contribution is -2.46. The van der Waals surface area contributed by atoms with E-state index in [0.717, 1.165) is 32.6 Å². The third kappa shape index (κ3) is 4.76. The van der Waals surface area contributed by atoms with Gasteiger partial charge in [0.25, 0.3) is 0 Å². The van der Waals surface area contributed by atoms with Gasteiger partial charge in [-0.3, -0.25) is 9.88 Å². The fourth-order valence-corrected chi connectivity index (χ4v) is 2.66. The van der Waals surface area contributed by atoms with Gasteiger partial charge in [0.15, 0.2) is 0 Å². The summed E-state index contributed by atoms with van der Waals surface area (Å²) >= 11 is 0. The van der Waals surface area contributed by atoms with Gasteiger partial charge in [-0.15, -0.1) is 0 Å². The maximum atomic E-state index is 4.50. The summed E-state index contributed by atoms with van der Waals surface area (Å²) in [6.45, 7) is 12.4. The van der Waals surface area contributed by atoms with Gasteiger partial charge in [0, 0.05) is 51.2 Å². The lowest BCUT2D eigenvalue weighted by atomic mass is 10.2. The molecule has 0 atom stereocenters. The summed E-state index contributed by atoms with van der Waals surface area (Å²) in [6.07, 6.45) is 4.32. The van der Waals surface area contributed by atoms with E-state index in [0.29, 0.717) is 0 Å². The van der Waals surface area contributed by atoms with E-state index in [9.17, 15) is 0 Å². The Labute approximate surface area is 123 Å². The highest BCUT2D eigenvalue weighted by atomic mass is 15.3. The molecule has 1 N–H and O–H groups in total. The number of nitrogens with one attached hydrogen (secondary N) is 1. The van der Waals surface area contributed by atoms with Gasteiger partial charge in [-0.25, -0.2) is 0 Å². The monoisotopic (exact) mass is 276 g/mol. The second-order valence-corrected chi connectivity index (χ2v) is 5.58. The standard InChI is InChI=1S/C16H28N4/c1-3-6-17-15-5-7-18-16(13-15)14-20-11-9-19(8-4-2)10-12-20/h5,7,13H,3-4,6,8-12,14H2,1-2H3,(H,17,18). The maximum Gasteiger partial charge on any atom is 0.0564 e. The SMILES string of the molecule is CCCNc1ccnc(CN2CCN(CCC)CC2)c1. The van der Waals surface area contributed by atoms with E-state index < -0.39 is 0 Å². The Kier molecular flexibility index (Phi) is 6.27. The van der Waals surface area contributed by atoms with E-state index in [1.165, 1.54) is 37.4 Å². The summed E-state index contributed by atoms with van der Waals surface area (Å²) in [6, 6.07) is 4.24. The third-order valence-electron chi connectivity index (χ3n) is 3.79. The molecular formula is C16H28N4. The lowest BCUT2D eigenvalue weighted by molar-refractivity contribution is 0.126. The molecule has 1 aromatic rings. The number of pyridine rings is 1. The average molecular weight is 276 g/mol. The van der Waals surface area contributed by atoms with Gasteiger partial charge in [-0.05, 0) is 31.5 Å². The Morgan fingerprint density at radius 1 is 1.10 bits per heavy atom. The molecule has 1 saturated heterocycles. The molecule has 0 saturated carbocycles. The van der Waals surface area contributed by atoms with Crippen molar-refractivity contribution in [1.82, 2.24) is 14.8 Å². The van der Waals surface area contributed by atoms with Crippen molar-refractivity contribution in [1.29, 1.82) is 0 Å². The van der Waals surface area contributed by atoms with Crippen molar-refractivity contribution in [2.75, 3.05) is 44.6 Å². The first-order valence-corrected chi connectivity index (χ1v) is 7.95. The van der Waals surface area contributed by atoms with E-state index >= 15 is 0 Å². The van der Waals surface area contributed by atoms with Gasteiger partial charge in [0.05, 0.1) is 5.69 Å². The van der Waals surface area contributed by atoms with E-state index in [-0.39, 0.29) is 0 Å². The number of rotatable bonds is 7. The van der Waals surface area contributed by atoms with Crippen molar-refractivity contribution in [3.63, 3.8) is 0 Å². The van der Waals surface area contributed by atoms with Crippen molar-refractivity contribution in [2.24, 2.45) is 0 Å². The first-order chi connectivity index (χ1) is 9.81. The van der Waals surface area contributed by atoms with Crippen molar-refractivity contribution in [2.45, 2.75) is 33.2 Å². The van der Waals surface area contributed by atoms with Crippen LogP contribution in [0.4, 0.5) is 5.69 Å². The normalized spacial score (nSPS) is 17.3. The topological polar surface area (TPSA) is 31.4 Å². The number of piperazine rings is 1. The number of hydrogen-bond donors (Lipinski definition) is 1. The van der Waals surface area contributed by atoms with Crippen LogP contribution in [-0.2, 0) is 6.54 Å². The number of nitrogens with zero attached hydrogens (tertiary/aromatic N) is 3. The summed E-state index contributed by atoms with van der Waals surface area (Å²) in [7, 11) is 0. The van der Waals surface area contributed by atoms with Crippen molar-refractivity contribution in [3.8, 4) is 0 Å². The smallest absolute Gasteiger partial charge is 0.0564 e. The van der Waals surface area contributed by atoms with Gasteiger partial charge >= 0.3 is 0 Å². The largest absolute Gasteiger partial charge is 0.385 e. The zero-order valence-electron chi connectivity index (χ0n) is 12.9. The molecule has 0 bridgehead atoms. The highest BCUT2D eigenvalue weighted by Gasteiger charge is 2.16. The van der Waals surface area contributed by atoms with Crippen LogP contribution in [0.3, 0.4) is 0 Å². The molecule has 1 aromatic heterocycles. The van der Waals surface area contributed by atoms with Gasteiger partial charge in [0.1, 0.15) is 0 Å². The Balaban J connectivity index is 1.81. The van der Waals surface area contributed by atoms with E-state index in [4.69, 9.17) is 0 Å². The third-order valence-corrected chi connectivity index (χ3v) is 3.79. The molecule has 0 aromatic carbocycles. The molecule has 1 fully saturated rings. The Morgan fingerprint density at radius 3 is 2.55 bits per heavy atom. The summed E-state index contributed by atoms with van der Waals surface area (Å²) in [5.41, 5.74) is 2.37. The minimum Gasteiger partial charge on any atom is -0.385 e.